The van der Waals surface area contributed by atoms with E-state index in [-0.39, 0.29) is 0 Å². The summed E-state index contributed by atoms with van der Waals surface area (Å²) < 4.78 is 0. The first-order chi connectivity index (χ1) is 12.1. The SMILES string of the molecule is O[C@H]1CN(Cc2ccc(-c3ccn[nH]3)s2)CC[C@]1(O)c1ccccc1. The van der Waals surface area contributed by atoms with Gasteiger partial charge in [-0.15, -0.1) is 11.3 Å². The van der Waals surface area contributed by atoms with Crippen LogP contribution in [0.5, 0.6) is 0 Å². The summed E-state index contributed by atoms with van der Waals surface area (Å²) in [5.41, 5.74) is 0.655. The van der Waals surface area contributed by atoms with Crippen LogP contribution in [0.15, 0.2) is 54.7 Å². The molecule has 1 aliphatic rings. The number of likely N-dealkylation sites (tertiary alicyclic amines) is 1. The minimum atomic E-state index is -1.16. The number of β-amino-alcohol motifs (C(OH)–C–C–N with tert-alkyl or cyclic N) is 1. The summed E-state index contributed by atoms with van der Waals surface area (Å²) in [6.45, 7) is 1.99. The monoisotopic (exact) mass is 355 g/mol. The van der Waals surface area contributed by atoms with Crippen molar-refractivity contribution in [3.05, 3.63) is 65.2 Å². The number of piperidine rings is 1. The molecule has 4 rings (SSSR count). The van der Waals surface area contributed by atoms with Gasteiger partial charge in [-0.05, 0) is 30.2 Å². The highest BCUT2D eigenvalue weighted by Gasteiger charge is 2.41. The number of H-pyrrole nitrogens is 1. The van der Waals surface area contributed by atoms with Gasteiger partial charge in [-0.1, -0.05) is 30.3 Å². The van der Waals surface area contributed by atoms with Crippen molar-refractivity contribution in [2.45, 2.75) is 24.7 Å². The molecule has 0 unspecified atom stereocenters. The van der Waals surface area contributed by atoms with E-state index in [1.54, 1.807) is 17.5 Å². The summed E-state index contributed by atoms with van der Waals surface area (Å²) in [6, 6.07) is 15.6. The lowest BCUT2D eigenvalue weighted by Gasteiger charge is -2.42. The maximum atomic E-state index is 10.9. The van der Waals surface area contributed by atoms with E-state index in [1.165, 1.54) is 4.88 Å². The first-order valence-corrected chi connectivity index (χ1v) is 9.23. The van der Waals surface area contributed by atoms with Crippen LogP contribution in [0.1, 0.15) is 16.9 Å². The minimum Gasteiger partial charge on any atom is -0.388 e. The smallest absolute Gasteiger partial charge is 0.118 e. The lowest BCUT2D eigenvalue weighted by atomic mass is 9.82. The van der Waals surface area contributed by atoms with Gasteiger partial charge in [-0.3, -0.25) is 10.00 Å². The number of hydrogen-bond donors (Lipinski definition) is 3. The Bertz CT molecular complexity index is 818. The van der Waals surface area contributed by atoms with Crippen LogP contribution in [0.25, 0.3) is 10.6 Å². The standard InChI is InChI=1S/C19H21N3O2S/c23-18-13-22(11-9-19(18,24)14-4-2-1-3-5-14)12-15-6-7-17(25-15)16-8-10-20-21-16/h1-8,10,18,23-24H,9,11-13H2,(H,20,21)/t18-,19-/m0/s1. The molecule has 5 nitrogen and oxygen atoms in total. The number of aromatic nitrogens is 2. The maximum Gasteiger partial charge on any atom is 0.118 e. The Morgan fingerprint density at radius 3 is 2.76 bits per heavy atom. The third-order valence-corrected chi connectivity index (χ3v) is 5.98. The Kier molecular flexibility index (Phi) is 4.43. The lowest BCUT2D eigenvalue weighted by Crippen LogP contribution is -2.53. The Morgan fingerprint density at radius 2 is 2.04 bits per heavy atom. The molecule has 3 aromatic rings. The van der Waals surface area contributed by atoms with Crippen LogP contribution >= 0.6 is 11.3 Å². The molecule has 2 atom stereocenters. The first-order valence-electron chi connectivity index (χ1n) is 8.42. The van der Waals surface area contributed by atoms with Crippen molar-refractivity contribution in [1.29, 1.82) is 0 Å². The molecule has 3 heterocycles. The molecule has 0 saturated carbocycles. The predicted molar refractivity (Wildman–Crippen MR) is 98.1 cm³/mol. The fraction of sp³-hybridized carbons (Fsp3) is 0.316. The quantitative estimate of drug-likeness (QED) is 0.673. The Morgan fingerprint density at radius 1 is 1.20 bits per heavy atom. The van der Waals surface area contributed by atoms with Crippen molar-refractivity contribution >= 4 is 11.3 Å². The zero-order chi connectivity index (χ0) is 17.3. The fourth-order valence-corrected chi connectivity index (χ4v) is 4.44. The van der Waals surface area contributed by atoms with Crippen molar-refractivity contribution in [2.24, 2.45) is 0 Å². The maximum absolute atomic E-state index is 10.9. The van der Waals surface area contributed by atoms with Crippen molar-refractivity contribution in [2.75, 3.05) is 13.1 Å². The topological polar surface area (TPSA) is 72.4 Å². The van der Waals surface area contributed by atoms with Gasteiger partial charge in [0.25, 0.3) is 0 Å². The largest absolute Gasteiger partial charge is 0.388 e. The molecule has 1 aromatic carbocycles. The molecule has 0 amide bonds. The minimum absolute atomic E-state index is 0.461. The van der Waals surface area contributed by atoms with Gasteiger partial charge in [0, 0.05) is 30.7 Å². The molecule has 0 spiro atoms. The molecule has 2 aromatic heterocycles. The van der Waals surface area contributed by atoms with Gasteiger partial charge in [0.15, 0.2) is 0 Å². The van der Waals surface area contributed by atoms with E-state index < -0.39 is 11.7 Å². The second kappa shape index (κ2) is 6.72. The van der Waals surface area contributed by atoms with Crippen LogP contribution < -0.4 is 0 Å². The van der Waals surface area contributed by atoms with Gasteiger partial charge in [-0.2, -0.15) is 5.10 Å². The van der Waals surface area contributed by atoms with Crippen LogP contribution in [0.4, 0.5) is 0 Å². The summed E-state index contributed by atoms with van der Waals surface area (Å²) in [5.74, 6) is 0. The molecule has 0 aliphatic carbocycles. The molecule has 1 fully saturated rings. The van der Waals surface area contributed by atoms with Crippen molar-refractivity contribution < 1.29 is 10.2 Å². The summed E-state index contributed by atoms with van der Waals surface area (Å²) >= 11 is 1.72. The molecule has 130 valence electrons. The summed E-state index contributed by atoms with van der Waals surface area (Å²) in [7, 11) is 0. The van der Waals surface area contributed by atoms with Crippen LogP contribution in [0, 0.1) is 0 Å². The average Bonchev–Trinajstić information content (AvgIpc) is 3.30. The van der Waals surface area contributed by atoms with Crippen LogP contribution in [-0.4, -0.2) is 44.5 Å². The van der Waals surface area contributed by atoms with E-state index in [0.717, 1.165) is 29.2 Å². The number of rotatable bonds is 4. The Hall–Kier alpha value is -1.99. The molecular weight excluding hydrogens is 334 g/mol. The summed E-state index contributed by atoms with van der Waals surface area (Å²) in [5, 5.41) is 28.5. The number of nitrogens with zero attached hydrogens (tertiary/aromatic N) is 2. The number of nitrogens with one attached hydrogen (secondary N) is 1. The third-order valence-electron chi connectivity index (χ3n) is 4.87. The fourth-order valence-electron chi connectivity index (χ4n) is 3.41. The summed E-state index contributed by atoms with van der Waals surface area (Å²) in [6.07, 6.45) is 1.48. The molecule has 25 heavy (non-hydrogen) atoms. The normalized spacial score (nSPS) is 24.5. The zero-order valence-electron chi connectivity index (χ0n) is 13.8. The Labute approximate surface area is 150 Å². The Balaban J connectivity index is 1.43. The highest BCUT2D eigenvalue weighted by atomic mass is 32.1. The van der Waals surface area contributed by atoms with E-state index in [4.69, 9.17) is 0 Å². The van der Waals surface area contributed by atoms with Gasteiger partial charge in [0.1, 0.15) is 5.60 Å². The van der Waals surface area contributed by atoms with Crippen molar-refractivity contribution in [3.8, 4) is 10.6 Å². The molecule has 0 bridgehead atoms. The second-order valence-corrected chi connectivity index (χ2v) is 7.70. The second-order valence-electron chi connectivity index (χ2n) is 6.53. The number of hydrogen-bond acceptors (Lipinski definition) is 5. The van der Waals surface area contributed by atoms with E-state index in [9.17, 15) is 10.2 Å². The first kappa shape index (κ1) is 16.5. The highest BCUT2D eigenvalue weighted by Crippen LogP contribution is 2.34. The van der Waals surface area contributed by atoms with Gasteiger partial charge in [0.2, 0.25) is 0 Å². The third kappa shape index (κ3) is 3.26. The van der Waals surface area contributed by atoms with Crippen LogP contribution in [0.3, 0.4) is 0 Å². The predicted octanol–water partition coefficient (Wildman–Crippen LogP) is 2.59. The van der Waals surface area contributed by atoms with Crippen molar-refractivity contribution in [1.82, 2.24) is 15.1 Å². The summed E-state index contributed by atoms with van der Waals surface area (Å²) in [4.78, 5) is 4.60. The molecule has 1 saturated heterocycles. The molecule has 0 radical (unpaired) electrons. The highest BCUT2D eigenvalue weighted by molar-refractivity contribution is 7.15. The van der Waals surface area contributed by atoms with Gasteiger partial charge in [-0.25, -0.2) is 0 Å². The van der Waals surface area contributed by atoms with Gasteiger partial charge >= 0.3 is 0 Å². The average molecular weight is 355 g/mol. The van der Waals surface area contributed by atoms with E-state index in [0.29, 0.717) is 13.0 Å². The van der Waals surface area contributed by atoms with E-state index in [2.05, 4.69) is 27.2 Å². The molecule has 3 N–H and O–H groups in total. The van der Waals surface area contributed by atoms with Gasteiger partial charge < -0.3 is 10.2 Å². The van der Waals surface area contributed by atoms with Crippen LogP contribution in [-0.2, 0) is 12.1 Å². The number of aliphatic hydroxyl groups excluding tert-OH is 1. The molecule has 6 heteroatoms. The van der Waals surface area contributed by atoms with E-state index in [1.807, 2.05) is 36.4 Å². The number of aromatic amines is 1. The van der Waals surface area contributed by atoms with Crippen LogP contribution in [0.2, 0.25) is 0 Å². The number of benzene rings is 1. The van der Waals surface area contributed by atoms with E-state index >= 15 is 0 Å². The number of aliphatic hydroxyl groups is 2. The molecule has 1 aliphatic heterocycles. The zero-order valence-corrected chi connectivity index (χ0v) is 14.6. The van der Waals surface area contributed by atoms with Gasteiger partial charge in [0.05, 0.1) is 16.7 Å². The number of thiophene rings is 1. The lowest BCUT2D eigenvalue weighted by molar-refractivity contribution is -0.126. The molecular formula is C19H21N3O2S. The van der Waals surface area contributed by atoms with Crippen molar-refractivity contribution in [3.63, 3.8) is 0 Å².